The number of ether oxygens (including phenoxy) is 3. The van der Waals surface area contributed by atoms with Crippen molar-refractivity contribution in [2.24, 2.45) is 0 Å². The van der Waals surface area contributed by atoms with E-state index in [-0.39, 0.29) is 16.6 Å². The zero-order chi connectivity index (χ0) is 23.0. The molecule has 0 amide bonds. The van der Waals surface area contributed by atoms with Gasteiger partial charge in [-0.1, -0.05) is 26.8 Å². The van der Waals surface area contributed by atoms with Gasteiger partial charge in [-0.3, -0.25) is 4.79 Å². The summed E-state index contributed by atoms with van der Waals surface area (Å²) in [6.07, 6.45) is 1.49. The maximum Gasteiger partial charge on any atom is 0.203 e. The lowest BCUT2D eigenvalue weighted by molar-refractivity contribution is 0.175. The molecule has 0 fully saturated rings. The highest BCUT2D eigenvalue weighted by atomic mass is 28.4. The first kappa shape index (κ1) is 23.4. The van der Waals surface area contributed by atoms with Gasteiger partial charge in [0.25, 0.3) is 0 Å². The van der Waals surface area contributed by atoms with Gasteiger partial charge < -0.3 is 18.6 Å². The monoisotopic (exact) mass is 442 g/mol. The van der Waals surface area contributed by atoms with E-state index in [1.165, 1.54) is 0 Å². The maximum atomic E-state index is 12.2. The number of benzene rings is 1. The standard InChI is InChI=1S/C25H34O5Si/c1-25(2,3)31(7,8)30-20-14-9-16-15-21(27-4)23(28-5)24(29-6)22(16)19-13-11-17(26)10-12-18(19)20/h10-13,15,20H,9,14H2,1-8H3/t20-/m0/s1. The third-order valence-electron chi connectivity index (χ3n) is 6.60. The lowest BCUT2D eigenvalue weighted by Gasteiger charge is -2.39. The van der Waals surface area contributed by atoms with Crippen LogP contribution < -0.4 is 19.6 Å². The summed E-state index contributed by atoms with van der Waals surface area (Å²) in [6, 6.07) is 9.05. The minimum Gasteiger partial charge on any atom is -0.493 e. The lowest BCUT2D eigenvalue weighted by Crippen LogP contribution is -2.41. The van der Waals surface area contributed by atoms with E-state index in [9.17, 15) is 4.79 Å². The van der Waals surface area contributed by atoms with E-state index in [4.69, 9.17) is 18.6 Å². The lowest BCUT2D eigenvalue weighted by atomic mass is 9.96. The van der Waals surface area contributed by atoms with Crippen LogP contribution in [-0.2, 0) is 10.8 Å². The molecule has 6 heteroatoms. The molecule has 3 rings (SSSR count). The molecule has 0 aromatic heterocycles. The van der Waals surface area contributed by atoms with Crippen LogP contribution >= 0.6 is 0 Å². The zero-order valence-electron chi connectivity index (χ0n) is 19.9. The number of hydrogen-bond donors (Lipinski definition) is 0. The van der Waals surface area contributed by atoms with Gasteiger partial charge in [-0.05, 0) is 71.9 Å². The Morgan fingerprint density at radius 2 is 1.58 bits per heavy atom. The fraction of sp³-hybridized carbons (Fsp3) is 0.480. The molecule has 0 bridgehead atoms. The maximum absolute atomic E-state index is 12.2. The van der Waals surface area contributed by atoms with Gasteiger partial charge in [0.05, 0.1) is 27.4 Å². The largest absolute Gasteiger partial charge is 0.493 e. The molecule has 0 heterocycles. The van der Waals surface area contributed by atoms with Crippen LogP contribution in [0.4, 0.5) is 0 Å². The second-order valence-electron chi connectivity index (χ2n) is 9.52. The summed E-state index contributed by atoms with van der Waals surface area (Å²) >= 11 is 0. The Labute approximate surface area is 186 Å². The minimum absolute atomic E-state index is 0.0415. The van der Waals surface area contributed by atoms with Gasteiger partial charge in [-0.2, -0.15) is 0 Å². The molecule has 0 N–H and O–H groups in total. The van der Waals surface area contributed by atoms with Crippen LogP contribution in [0.25, 0.3) is 11.1 Å². The van der Waals surface area contributed by atoms with Gasteiger partial charge in [0.2, 0.25) is 5.75 Å². The normalized spacial score (nSPS) is 16.1. The molecule has 2 aromatic carbocycles. The van der Waals surface area contributed by atoms with Crippen molar-refractivity contribution >= 4 is 8.32 Å². The van der Waals surface area contributed by atoms with Gasteiger partial charge in [-0.25, -0.2) is 0 Å². The van der Waals surface area contributed by atoms with E-state index in [2.05, 4.69) is 33.9 Å². The summed E-state index contributed by atoms with van der Waals surface area (Å²) < 4.78 is 23.9. The molecule has 1 aliphatic carbocycles. The Morgan fingerprint density at radius 3 is 2.16 bits per heavy atom. The molecule has 31 heavy (non-hydrogen) atoms. The molecule has 1 atom stereocenters. The van der Waals surface area contributed by atoms with Gasteiger partial charge >= 0.3 is 0 Å². The van der Waals surface area contributed by atoms with Gasteiger partial charge in [-0.15, -0.1) is 0 Å². The number of aryl methyl sites for hydroxylation is 1. The van der Waals surface area contributed by atoms with E-state index in [1.807, 2.05) is 18.2 Å². The van der Waals surface area contributed by atoms with Gasteiger partial charge in [0.15, 0.2) is 25.2 Å². The van der Waals surface area contributed by atoms with E-state index >= 15 is 0 Å². The topological polar surface area (TPSA) is 54.0 Å². The third-order valence-corrected chi connectivity index (χ3v) is 11.1. The van der Waals surface area contributed by atoms with Crippen LogP contribution in [0.2, 0.25) is 18.1 Å². The van der Waals surface area contributed by atoms with E-state index < -0.39 is 8.32 Å². The van der Waals surface area contributed by atoms with Crippen molar-refractivity contribution in [3.8, 4) is 28.4 Å². The fourth-order valence-electron chi connectivity index (χ4n) is 3.88. The smallest absolute Gasteiger partial charge is 0.203 e. The highest BCUT2D eigenvalue weighted by Crippen LogP contribution is 2.51. The number of fused-ring (bicyclic) bond motifs is 3. The molecular weight excluding hydrogens is 408 g/mol. The molecule has 168 valence electrons. The summed E-state index contributed by atoms with van der Waals surface area (Å²) in [5.74, 6) is 1.80. The Bertz CT molecular complexity index is 1020. The molecule has 0 saturated heterocycles. The number of methoxy groups -OCH3 is 3. The van der Waals surface area contributed by atoms with E-state index in [0.29, 0.717) is 17.2 Å². The predicted molar refractivity (Wildman–Crippen MR) is 127 cm³/mol. The first-order valence-electron chi connectivity index (χ1n) is 10.7. The average Bonchev–Trinajstić information content (AvgIpc) is 2.97. The Balaban J connectivity index is 2.30. The highest BCUT2D eigenvalue weighted by molar-refractivity contribution is 6.74. The Morgan fingerprint density at radius 1 is 0.935 bits per heavy atom. The van der Waals surface area contributed by atoms with Crippen LogP contribution in [0.5, 0.6) is 17.2 Å². The summed E-state index contributed by atoms with van der Waals surface area (Å²) in [6.45, 7) is 11.2. The van der Waals surface area contributed by atoms with Crippen LogP contribution in [0, 0.1) is 0 Å². The van der Waals surface area contributed by atoms with E-state index in [0.717, 1.165) is 35.1 Å². The Hall–Kier alpha value is -2.31. The summed E-state index contributed by atoms with van der Waals surface area (Å²) in [5, 5.41) is 0.0805. The fourth-order valence-corrected chi connectivity index (χ4v) is 5.19. The van der Waals surface area contributed by atoms with Crippen molar-refractivity contribution in [1.82, 2.24) is 0 Å². The molecule has 0 radical (unpaired) electrons. The Kier molecular flexibility index (Phi) is 6.53. The summed E-state index contributed by atoms with van der Waals surface area (Å²) in [7, 11) is 2.82. The molecule has 0 aliphatic heterocycles. The molecular formula is C25H34O5Si. The van der Waals surface area contributed by atoms with Crippen LogP contribution in [0.1, 0.15) is 44.4 Å². The second-order valence-corrected chi connectivity index (χ2v) is 14.3. The third kappa shape index (κ3) is 4.37. The molecule has 0 saturated carbocycles. The molecule has 0 spiro atoms. The van der Waals surface area contributed by atoms with Crippen molar-refractivity contribution in [3.05, 3.63) is 51.7 Å². The minimum atomic E-state index is -2.04. The quantitative estimate of drug-likeness (QED) is 0.552. The molecule has 1 aliphatic rings. The van der Waals surface area contributed by atoms with Crippen LogP contribution in [0.3, 0.4) is 0 Å². The first-order valence-corrected chi connectivity index (χ1v) is 13.6. The zero-order valence-corrected chi connectivity index (χ0v) is 20.9. The van der Waals surface area contributed by atoms with Crippen molar-refractivity contribution < 1.29 is 18.6 Å². The first-order chi connectivity index (χ1) is 14.5. The van der Waals surface area contributed by atoms with Crippen molar-refractivity contribution in [2.75, 3.05) is 21.3 Å². The second kappa shape index (κ2) is 8.67. The molecule has 0 unspecified atom stereocenters. The van der Waals surface area contributed by atoms with E-state index in [1.54, 1.807) is 33.5 Å². The van der Waals surface area contributed by atoms with Gasteiger partial charge in [0, 0.05) is 5.56 Å². The van der Waals surface area contributed by atoms with Crippen molar-refractivity contribution in [1.29, 1.82) is 0 Å². The van der Waals surface area contributed by atoms with Gasteiger partial charge in [0.1, 0.15) is 0 Å². The average molecular weight is 443 g/mol. The van der Waals surface area contributed by atoms with Crippen molar-refractivity contribution in [3.63, 3.8) is 0 Å². The SMILES string of the molecule is COc1cc2c(c(OC)c1OC)-c1ccc(=O)ccc1[C@@H](O[Si](C)(C)C(C)(C)C)CC2. The number of rotatable bonds is 5. The predicted octanol–water partition coefficient (Wildman–Crippen LogP) is 5.75. The highest BCUT2D eigenvalue weighted by Gasteiger charge is 2.40. The molecule has 2 aromatic rings. The van der Waals surface area contributed by atoms with Crippen molar-refractivity contribution in [2.45, 2.75) is 57.8 Å². The van der Waals surface area contributed by atoms with Crippen LogP contribution in [-0.4, -0.2) is 29.6 Å². The molecule has 5 nitrogen and oxygen atoms in total. The summed E-state index contributed by atoms with van der Waals surface area (Å²) in [4.78, 5) is 12.2. The number of hydrogen-bond acceptors (Lipinski definition) is 5. The van der Waals surface area contributed by atoms with Crippen LogP contribution in [0.15, 0.2) is 35.1 Å². The summed E-state index contributed by atoms with van der Waals surface area (Å²) in [5.41, 5.74) is 3.94.